The minimum atomic E-state index is -0.107. The topological polar surface area (TPSA) is 96.7 Å². The zero-order valence-corrected chi connectivity index (χ0v) is 15.4. The predicted octanol–water partition coefficient (Wildman–Crippen LogP) is 1.98. The molecule has 5 heterocycles. The van der Waals surface area contributed by atoms with Crippen molar-refractivity contribution in [3.05, 3.63) is 35.1 Å². The van der Waals surface area contributed by atoms with Crippen LogP contribution in [-0.2, 0) is 17.8 Å². The van der Waals surface area contributed by atoms with E-state index in [9.17, 15) is 4.79 Å². The van der Waals surface area contributed by atoms with E-state index in [1.165, 1.54) is 11.3 Å². The molecule has 1 fully saturated rings. The molecule has 0 bridgehead atoms. The molecule has 2 amide bonds. The van der Waals surface area contributed by atoms with Crippen molar-refractivity contribution in [2.75, 3.05) is 30.3 Å². The molecule has 0 saturated carbocycles. The Morgan fingerprint density at radius 2 is 2.33 bits per heavy atom. The first kappa shape index (κ1) is 16.5. The normalized spacial score (nSPS) is 19.3. The third-order valence-corrected chi connectivity index (χ3v) is 5.78. The number of imidazole rings is 1. The summed E-state index contributed by atoms with van der Waals surface area (Å²) in [7, 11) is 0. The highest BCUT2D eigenvalue weighted by Gasteiger charge is 2.27. The van der Waals surface area contributed by atoms with Gasteiger partial charge in [0.2, 0.25) is 0 Å². The maximum absolute atomic E-state index is 12.6. The number of amides is 2. The number of carbonyl (C=O) groups is 1. The first-order valence-electron chi connectivity index (χ1n) is 8.94. The minimum Gasteiger partial charge on any atom is -0.375 e. The number of likely N-dealkylation sites (tertiary alicyclic amines) is 1. The van der Waals surface area contributed by atoms with Crippen LogP contribution in [0.1, 0.15) is 17.0 Å². The van der Waals surface area contributed by atoms with Crippen LogP contribution in [0.5, 0.6) is 0 Å². The van der Waals surface area contributed by atoms with Gasteiger partial charge in [0.05, 0.1) is 23.8 Å². The number of aromatic nitrogens is 4. The Morgan fingerprint density at radius 3 is 3.26 bits per heavy atom. The third-order valence-electron chi connectivity index (χ3n) is 4.79. The number of ether oxygens (including phenoxy) is 1. The quantitative estimate of drug-likeness (QED) is 0.716. The molecule has 9 nitrogen and oxygen atoms in total. The van der Waals surface area contributed by atoms with Gasteiger partial charge in [0, 0.05) is 37.9 Å². The van der Waals surface area contributed by atoms with Gasteiger partial charge in [-0.05, 0) is 18.6 Å². The fraction of sp³-hybridized carbons (Fsp3) is 0.412. The summed E-state index contributed by atoms with van der Waals surface area (Å²) < 4.78 is 7.17. The number of nitrogens with zero attached hydrogens (tertiary/aromatic N) is 5. The number of nitrogens with one attached hydrogen (secondary N) is 2. The van der Waals surface area contributed by atoms with Crippen LogP contribution < -0.4 is 10.6 Å². The lowest BCUT2D eigenvalue weighted by molar-refractivity contribution is 0.112. The van der Waals surface area contributed by atoms with Crippen molar-refractivity contribution in [1.82, 2.24) is 24.5 Å². The highest BCUT2D eigenvalue weighted by atomic mass is 32.1. The van der Waals surface area contributed by atoms with Gasteiger partial charge in [0.1, 0.15) is 5.82 Å². The largest absolute Gasteiger partial charge is 0.375 e. The molecule has 1 atom stereocenters. The van der Waals surface area contributed by atoms with E-state index >= 15 is 0 Å². The summed E-state index contributed by atoms with van der Waals surface area (Å²) in [6, 6.07) is 3.89. The Labute approximate surface area is 159 Å². The van der Waals surface area contributed by atoms with Crippen molar-refractivity contribution in [2.45, 2.75) is 25.5 Å². The van der Waals surface area contributed by atoms with Crippen molar-refractivity contribution in [3.63, 3.8) is 0 Å². The lowest BCUT2D eigenvalue weighted by Gasteiger charge is -2.17. The fourth-order valence-corrected chi connectivity index (χ4v) is 4.35. The molecule has 0 aromatic carbocycles. The van der Waals surface area contributed by atoms with Gasteiger partial charge in [0.15, 0.2) is 10.8 Å². The number of rotatable bonds is 3. The number of hydrogen-bond donors (Lipinski definition) is 2. The predicted molar refractivity (Wildman–Crippen MR) is 101 cm³/mol. The van der Waals surface area contributed by atoms with Crippen molar-refractivity contribution in [2.24, 2.45) is 0 Å². The maximum Gasteiger partial charge on any atom is 0.323 e. The van der Waals surface area contributed by atoms with Crippen molar-refractivity contribution >= 4 is 34.0 Å². The molecule has 0 spiro atoms. The van der Waals surface area contributed by atoms with Gasteiger partial charge in [-0.3, -0.25) is 5.32 Å². The van der Waals surface area contributed by atoms with Gasteiger partial charge in [-0.15, -0.1) is 5.10 Å². The molecule has 1 saturated heterocycles. The van der Waals surface area contributed by atoms with Gasteiger partial charge in [0.25, 0.3) is 0 Å². The zero-order chi connectivity index (χ0) is 18.2. The summed E-state index contributed by atoms with van der Waals surface area (Å²) >= 11 is 1.50. The Hall–Kier alpha value is -2.72. The van der Waals surface area contributed by atoms with Crippen LogP contribution in [-0.4, -0.2) is 56.3 Å². The van der Waals surface area contributed by atoms with E-state index in [1.807, 2.05) is 23.2 Å². The number of anilines is 2. The lowest BCUT2D eigenvalue weighted by Crippen LogP contribution is -2.35. The summed E-state index contributed by atoms with van der Waals surface area (Å²) in [5, 5.41) is 11.5. The molecular weight excluding hydrogens is 366 g/mol. The number of thiazole rings is 1. The second-order valence-electron chi connectivity index (χ2n) is 6.65. The third kappa shape index (κ3) is 3.33. The molecule has 3 aromatic rings. The van der Waals surface area contributed by atoms with Gasteiger partial charge in [-0.1, -0.05) is 11.3 Å². The Morgan fingerprint density at radius 1 is 1.37 bits per heavy atom. The molecule has 140 valence electrons. The van der Waals surface area contributed by atoms with Crippen LogP contribution in [0.15, 0.2) is 24.5 Å². The van der Waals surface area contributed by atoms with E-state index in [0.29, 0.717) is 31.4 Å². The van der Waals surface area contributed by atoms with E-state index in [-0.39, 0.29) is 12.1 Å². The number of carbonyl (C=O) groups excluding carboxylic acids is 1. The average Bonchev–Trinajstić information content (AvgIpc) is 3.40. The molecule has 2 aliphatic rings. The number of hydrogen-bond acceptors (Lipinski definition) is 7. The molecule has 2 aliphatic heterocycles. The Balaban J connectivity index is 1.19. The zero-order valence-electron chi connectivity index (χ0n) is 14.6. The summed E-state index contributed by atoms with van der Waals surface area (Å²) in [5.41, 5.74) is 1.85. The molecule has 0 aliphatic carbocycles. The molecular formula is C17H19N7O2S. The van der Waals surface area contributed by atoms with E-state index in [2.05, 4.69) is 25.7 Å². The van der Waals surface area contributed by atoms with Crippen LogP contribution in [0.3, 0.4) is 0 Å². The van der Waals surface area contributed by atoms with Gasteiger partial charge < -0.3 is 15.0 Å². The summed E-state index contributed by atoms with van der Waals surface area (Å²) in [5.74, 6) is 0.778. The smallest absolute Gasteiger partial charge is 0.323 e. The molecule has 27 heavy (non-hydrogen) atoms. The molecule has 10 heteroatoms. The van der Waals surface area contributed by atoms with Crippen LogP contribution in [0.2, 0.25) is 0 Å². The average molecular weight is 385 g/mol. The summed E-state index contributed by atoms with van der Waals surface area (Å²) in [4.78, 5) is 24.2. The highest BCUT2D eigenvalue weighted by Crippen LogP contribution is 2.27. The minimum absolute atomic E-state index is 0.107. The van der Waals surface area contributed by atoms with Gasteiger partial charge in [-0.2, -0.15) is 0 Å². The highest BCUT2D eigenvalue weighted by molar-refractivity contribution is 7.15. The SMILES string of the molecule is O=C(Nc1nc2c(s1)COCC2)N1CCC(Nc2ccc3nccn3n2)C1. The van der Waals surface area contributed by atoms with Crippen LogP contribution in [0, 0.1) is 0 Å². The fourth-order valence-electron chi connectivity index (χ4n) is 3.41. The summed E-state index contributed by atoms with van der Waals surface area (Å²) in [6.45, 7) is 2.62. The molecule has 0 radical (unpaired) electrons. The van der Waals surface area contributed by atoms with E-state index in [0.717, 1.165) is 34.9 Å². The Bertz CT molecular complexity index is 961. The van der Waals surface area contributed by atoms with Crippen molar-refractivity contribution < 1.29 is 9.53 Å². The first-order chi connectivity index (χ1) is 13.2. The number of fused-ring (bicyclic) bond motifs is 2. The van der Waals surface area contributed by atoms with E-state index < -0.39 is 0 Å². The van der Waals surface area contributed by atoms with Crippen LogP contribution in [0.4, 0.5) is 15.7 Å². The molecule has 1 unspecified atom stereocenters. The second-order valence-corrected chi connectivity index (χ2v) is 7.73. The lowest BCUT2D eigenvalue weighted by atomic mass is 10.2. The van der Waals surface area contributed by atoms with Crippen molar-refractivity contribution in [3.8, 4) is 0 Å². The standard InChI is InChI=1S/C17H19N7O2S/c25-17(21-16-20-12-4-8-26-10-13(12)27-16)23-6-3-11(9-23)19-14-1-2-15-18-5-7-24(15)22-14/h1-2,5,7,11H,3-4,6,8-10H2,(H,19,22)(H,20,21,25). The van der Waals surface area contributed by atoms with E-state index in [1.54, 1.807) is 10.7 Å². The second kappa shape index (κ2) is 6.78. The van der Waals surface area contributed by atoms with Gasteiger partial charge >= 0.3 is 6.03 Å². The Kier molecular flexibility index (Phi) is 4.13. The van der Waals surface area contributed by atoms with Crippen molar-refractivity contribution in [1.29, 1.82) is 0 Å². The van der Waals surface area contributed by atoms with Crippen LogP contribution >= 0.6 is 11.3 Å². The molecule has 5 rings (SSSR count). The van der Waals surface area contributed by atoms with Crippen LogP contribution in [0.25, 0.3) is 5.65 Å². The molecule has 3 aromatic heterocycles. The van der Waals surface area contributed by atoms with E-state index in [4.69, 9.17) is 4.74 Å². The summed E-state index contributed by atoms with van der Waals surface area (Å²) in [6.07, 6.45) is 5.22. The monoisotopic (exact) mass is 385 g/mol. The maximum atomic E-state index is 12.6. The molecule has 2 N–H and O–H groups in total. The van der Waals surface area contributed by atoms with Gasteiger partial charge in [-0.25, -0.2) is 19.3 Å². The number of urea groups is 1. The first-order valence-corrected chi connectivity index (χ1v) is 9.75.